The summed E-state index contributed by atoms with van der Waals surface area (Å²) in [5.41, 5.74) is 5.41. The number of hydrogen-bond acceptors (Lipinski definition) is 6. The van der Waals surface area contributed by atoms with E-state index in [9.17, 15) is 4.79 Å². The Morgan fingerprint density at radius 2 is 2.44 bits per heavy atom. The van der Waals surface area contributed by atoms with Crippen molar-refractivity contribution in [1.29, 1.82) is 0 Å². The molecular weight excluding hydrogens is 230 g/mol. The van der Waals surface area contributed by atoms with Crippen LogP contribution < -0.4 is 5.73 Å². The Labute approximate surface area is 96.7 Å². The molecule has 0 saturated heterocycles. The van der Waals surface area contributed by atoms with Gasteiger partial charge < -0.3 is 15.7 Å². The second-order valence-corrected chi connectivity index (χ2v) is 4.40. The molecule has 88 valence electrons. The van der Waals surface area contributed by atoms with Crippen molar-refractivity contribution in [3.8, 4) is 0 Å². The Hall–Kier alpha value is -1.63. The number of aliphatic carboxylic acids is 1. The molecule has 0 bridgehead atoms. The highest BCUT2D eigenvalue weighted by molar-refractivity contribution is 7.13. The van der Waals surface area contributed by atoms with E-state index in [2.05, 4.69) is 10.1 Å². The maximum atomic E-state index is 10.9. The quantitative estimate of drug-likeness (QED) is 0.598. The maximum Gasteiger partial charge on any atom is 0.360 e. The van der Waals surface area contributed by atoms with Crippen LogP contribution in [0.4, 0.5) is 5.13 Å². The van der Waals surface area contributed by atoms with E-state index >= 15 is 0 Å². The maximum absolute atomic E-state index is 10.9. The van der Waals surface area contributed by atoms with Crippen LogP contribution in [0, 0.1) is 5.92 Å². The van der Waals surface area contributed by atoms with Crippen molar-refractivity contribution < 1.29 is 14.7 Å². The second kappa shape index (κ2) is 5.45. The van der Waals surface area contributed by atoms with Gasteiger partial charge in [0, 0.05) is 5.38 Å². The van der Waals surface area contributed by atoms with Gasteiger partial charge in [-0.2, -0.15) is 0 Å². The lowest BCUT2D eigenvalue weighted by Crippen LogP contribution is -2.16. The number of rotatable bonds is 5. The summed E-state index contributed by atoms with van der Waals surface area (Å²) in [4.78, 5) is 19.6. The molecule has 16 heavy (non-hydrogen) atoms. The summed E-state index contributed by atoms with van der Waals surface area (Å²) in [6, 6.07) is 0. The molecule has 0 atom stereocenters. The van der Waals surface area contributed by atoms with E-state index in [0.717, 1.165) is 11.3 Å². The third-order valence-electron chi connectivity index (χ3n) is 1.53. The van der Waals surface area contributed by atoms with Gasteiger partial charge in [-0.15, -0.1) is 11.3 Å². The minimum atomic E-state index is -1.19. The molecule has 1 aromatic rings. The number of thiazole rings is 1. The predicted octanol–water partition coefficient (Wildman–Crippen LogP) is 1.19. The van der Waals surface area contributed by atoms with Gasteiger partial charge in [0.05, 0.1) is 0 Å². The summed E-state index contributed by atoms with van der Waals surface area (Å²) in [7, 11) is 0. The Balaban J connectivity index is 2.79. The zero-order valence-corrected chi connectivity index (χ0v) is 9.82. The Kier molecular flexibility index (Phi) is 4.24. The number of hydrogen-bond donors (Lipinski definition) is 2. The molecule has 7 heteroatoms. The van der Waals surface area contributed by atoms with Gasteiger partial charge in [-0.1, -0.05) is 19.0 Å². The van der Waals surface area contributed by atoms with Crippen molar-refractivity contribution in [3.63, 3.8) is 0 Å². The van der Waals surface area contributed by atoms with Crippen LogP contribution in [0.1, 0.15) is 19.5 Å². The average Bonchev–Trinajstić information content (AvgIpc) is 2.58. The van der Waals surface area contributed by atoms with Crippen molar-refractivity contribution in [2.45, 2.75) is 13.8 Å². The minimum Gasteiger partial charge on any atom is -0.476 e. The molecule has 0 spiro atoms. The lowest BCUT2D eigenvalue weighted by Gasteiger charge is -2.02. The summed E-state index contributed by atoms with van der Waals surface area (Å²) in [5.74, 6) is -0.909. The molecule has 0 amide bonds. The van der Waals surface area contributed by atoms with Crippen LogP contribution in [-0.2, 0) is 9.63 Å². The fourth-order valence-corrected chi connectivity index (χ4v) is 1.39. The van der Waals surface area contributed by atoms with E-state index in [1.807, 2.05) is 13.8 Å². The van der Waals surface area contributed by atoms with E-state index in [4.69, 9.17) is 15.7 Å². The summed E-state index contributed by atoms with van der Waals surface area (Å²) in [5, 5.41) is 14.3. The first-order valence-electron chi connectivity index (χ1n) is 4.65. The summed E-state index contributed by atoms with van der Waals surface area (Å²) >= 11 is 1.16. The predicted molar refractivity (Wildman–Crippen MR) is 61.5 cm³/mol. The fraction of sp³-hybridized carbons (Fsp3) is 0.444. The highest BCUT2D eigenvalue weighted by Gasteiger charge is 2.16. The molecule has 0 aromatic carbocycles. The van der Waals surface area contributed by atoms with E-state index in [1.165, 1.54) is 5.38 Å². The minimum absolute atomic E-state index is 0.221. The average molecular weight is 243 g/mol. The van der Waals surface area contributed by atoms with Crippen molar-refractivity contribution in [2.24, 2.45) is 11.1 Å². The number of anilines is 1. The largest absolute Gasteiger partial charge is 0.476 e. The number of nitrogens with zero attached hydrogens (tertiary/aromatic N) is 2. The van der Waals surface area contributed by atoms with Crippen LogP contribution in [-0.4, -0.2) is 28.4 Å². The number of oxime groups is 1. The van der Waals surface area contributed by atoms with Gasteiger partial charge in [-0.05, 0) is 5.92 Å². The molecule has 6 nitrogen and oxygen atoms in total. The summed E-state index contributed by atoms with van der Waals surface area (Å²) < 4.78 is 0. The number of nitrogens with two attached hydrogens (primary N) is 1. The van der Waals surface area contributed by atoms with Crippen molar-refractivity contribution in [2.75, 3.05) is 12.3 Å². The van der Waals surface area contributed by atoms with Crippen LogP contribution in [0.25, 0.3) is 0 Å². The van der Waals surface area contributed by atoms with Crippen LogP contribution in [0.3, 0.4) is 0 Å². The van der Waals surface area contributed by atoms with E-state index in [0.29, 0.717) is 11.7 Å². The summed E-state index contributed by atoms with van der Waals surface area (Å²) in [6.45, 7) is 4.24. The first-order chi connectivity index (χ1) is 7.50. The molecule has 1 rings (SSSR count). The number of nitrogen functional groups attached to an aromatic ring is 1. The second-order valence-electron chi connectivity index (χ2n) is 3.51. The highest BCUT2D eigenvalue weighted by Crippen LogP contribution is 2.12. The topological polar surface area (TPSA) is 97.8 Å². The van der Waals surface area contributed by atoms with Gasteiger partial charge in [0.25, 0.3) is 0 Å². The zero-order valence-electron chi connectivity index (χ0n) is 9.01. The molecule has 1 aromatic heterocycles. The molecule has 0 radical (unpaired) electrons. The third kappa shape index (κ3) is 3.50. The van der Waals surface area contributed by atoms with Gasteiger partial charge in [-0.3, -0.25) is 0 Å². The SMILES string of the molecule is CC(C)CO/N=C(\C(=O)O)c1csc(N)n1. The van der Waals surface area contributed by atoms with E-state index in [-0.39, 0.29) is 17.3 Å². The van der Waals surface area contributed by atoms with Gasteiger partial charge in [0.15, 0.2) is 5.13 Å². The first kappa shape index (κ1) is 12.4. The Bertz CT molecular complexity index is 400. The molecule has 0 aliphatic heterocycles. The van der Waals surface area contributed by atoms with Crippen molar-refractivity contribution in [1.82, 2.24) is 4.98 Å². The normalized spacial score (nSPS) is 11.8. The van der Waals surface area contributed by atoms with Gasteiger partial charge >= 0.3 is 5.97 Å². The zero-order chi connectivity index (χ0) is 12.1. The standard InChI is InChI=1S/C9H13N3O3S/c1-5(2)3-15-12-7(8(13)14)6-4-16-9(10)11-6/h4-5H,3H2,1-2H3,(H2,10,11)(H,13,14)/b12-7-. The molecular formula is C9H13N3O3S. The molecule has 0 aliphatic rings. The molecule has 0 unspecified atom stereocenters. The van der Waals surface area contributed by atoms with Crippen molar-refractivity contribution >= 4 is 28.1 Å². The molecule has 3 N–H and O–H groups in total. The van der Waals surface area contributed by atoms with Crippen LogP contribution in [0.2, 0.25) is 0 Å². The third-order valence-corrected chi connectivity index (χ3v) is 2.20. The van der Waals surface area contributed by atoms with E-state index < -0.39 is 5.97 Å². The lowest BCUT2D eigenvalue weighted by atomic mass is 10.2. The Morgan fingerprint density at radius 3 is 2.88 bits per heavy atom. The molecule has 0 aliphatic carbocycles. The number of carboxylic acids is 1. The fourth-order valence-electron chi connectivity index (χ4n) is 0.843. The first-order valence-corrected chi connectivity index (χ1v) is 5.53. The molecule has 1 heterocycles. The van der Waals surface area contributed by atoms with Gasteiger partial charge in [0.1, 0.15) is 12.3 Å². The van der Waals surface area contributed by atoms with Gasteiger partial charge in [-0.25, -0.2) is 9.78 Å². The highest BCUT2D eigenvalue weighted by atomic mass is 32.1. The lowest BCUT2D eigenvalue weighted by molar-refractivity contribution is -0.129. The number of carbonyl (C=O) groups is 1. The monoisotopic (exact) mass is 243 g/mol. The van der Waals surface area contributed by atoms with Crippen LogP contribution in [0.5, 0.6) is 0 Å². The number of aromatic nitrogens is 1. The van der Waals surface area contributed by atoms with Crippen molar-refractivity contribution in [3.05, 3.63) is 11.1 Å². The van der Waals surface area contributed by atoms with E-state index in [1.54, 1.807) is 0 Å². The molecule has 0 fully saturated rings. The summed E-state index contributed by atoms with van der Waals surface area (Å²) in [6.07, 6.45) is 0. The van der Waals surface area contributed by atoms with Crippen LogP contribution >= 0.6 is 11.3 Å². The molecule has 0 saturated carbocycles. The smallest absolute Gasteiger partial charge is 0.360 e. The Morgan fingerprint density at radius 1 is 1.75 bits per heavy atom. The number of carboxylic acid groups (broad SMARTS) is 1. The van der Waals surface area contributed by atoms with Gasteiger partial charge in [0.2, 0.25) is 5.71 Å². The van der Waals surface area contributed by atoms with Crippen LogP contribution in [0.15, 0.2) is 10.5 Å².